The lowest BCUT2D eigenvalue weighted by molar-refractivity contribution is 0.258. The molecule has 2 aromatic carbocycles. The SMILES string of the molecule is CC(Cc1ccccc1)(NCCO)c1cccc(O)c1. The Morgan fingerprint density at radius 1 is 1.05 bits per heavy atom. The number of benzene rings is 2. The molecule has 0 radical (unpaired) electrons. The maximum absolute atomic E-state index is 9.69. The number of hydrogen-bond donors (Lipinski definition) is 3. The van der Waals surface area contributed by atoms with E-state index in [1.807, 2.05) is 30.3 Å². The zero-order valence-electron chi connectivity index (χ0n) is 11.7. The monoisotopic (exact) mass is 271 g/mol. The first kappa shape index (κ1) is 14.6. The summed E-state index contributed by atoms with van der Waals surface area (Å²) in [4.78, 5) is 0. The molecule has 0 aliphatic heterocycles. The lowest BCUT2D eigenvalue weighted by Gasteiger charge is -2.32. The number of nitrogens with one attached hydrogen (secondary N) is 1. The number of aliphatic hydroxyl groups is 1. The number of rotatable bonds is 6. The highest BCUT2D eigenvalue weighted by atomic mass is 16.3. The van der Waals surface area contributed by atoms with Crippen LogP contribution >= 0.6 is 0 Å². The van der Waals surface area contributed by atoms with Gasteiger partial charge in [0.05, 0.1) is 6.61 Å². The molecule has 3 N–H and O–H groups in total. The predicted molar refractivity (Wildman–Crippen MR) is 80.7 cm³/mol. The van der Waals surface area contributed by atoms with Crippen molar-refractivity contribution >= 4 is 0 Å². The second-order valence-corrected chi connectivity index (χ2v) is 5.20. The van der Waals surface area contributed by atoms with E-state index in [9.17, 15) is 5.11 Å². The molecule has 0 saturated carbocycles. The van der Waals surface area contributed by atoms with Gasteiger partial charge in [0.2, 0.25) is 0 Å². The van der Waals surface area contributed by atoms with E-state index in [-0.39, 0.29) is 17.9 Å². The maximum atomic E-state index is 9.69. The van der Waals surface area contributed by atoms with Gasteiger partial charge >= 0.3 is 0 Å². The van der Waals surface area contributed by atoms with Crippen LogP contribution in [0.1, 0.15) is 18.1 Å². The second-order valence-electron chi connectivity index (χ2n) is 5.20. The van der Waals surface area contributed by atoms with Crippen LogP contribution in [0, 0.1) is 0 Å². The first-order valence-corrected chi connectivity index (χ1v) is 6.83. The molecule has 0 aliphatic rings. The van der Waals surface area contributed by atoms with Gasteiger partial charge in [-0.05, 0) is 36.6 Å². The molecule has 20 heavy (non-hydrogen) atoms. The average molecular weight is 271 g/mol. The van der Waals surface area contributed by atoms with Crippen LogP contribution in [0.25, 0.3) is 0 Å². The number of hydrogen-bond acceptors (Lipinski definition) is 3. The zero-order chi connectivity index (χ0) is 14.4. The molecule has 1 unspecified atom stereocenters. The van der Waals surface area contributed by atoms with E-state index in [1.54, 1.807) is 12.1 Å². The van der Waals surface area contributed by atoms with Crippen molar-refractivity contribution in [2.75, 3.05) is 13.2 Å². The minimum Gasteiger partial charge on any atom is -0.508 e. The van der Waals surface area contributed by atoms with Crippen molar-refractivity contribution < 1.29 is 10.2 Å². The van der Waals surface area contributed by atoms with Gasteiger partial charge in [-0.15, -0.1) is 0 Å². The van der Waals surface area contributed by atoms with Crippen LogP contribution in [0.4, 0.5) is 0 Å². The van der Waals surface area contributed by atoms with E-state index in [2.05, 4.69) is 24.4 Å². The van der Waals surface area contributed by atoms with Crippen LogP contribution in [0.15, 0.2) is 54.6 Å². The Morgan fingerprint density at radius 2 is 1.80 bits per heavy atom. The Morgan fingerprint density at radius 3 is 2.45 bits per heavy atom. The maximum Gasteiger partial charge on any atom is 0.115 e. The summed E-state index contributed by atoms with van der Waals surface area (Å²) in [6.07, 6.45) is 0.789. The van der Waals surface area contributed by atoms with Crippen molar-refractivity contribution in [3.8, 4) is 5.75 Å². The third-order valence-electron chi connectivity index (χ3n) is 3.51. The van der Waals surface area contributed by atoms with E-state index < -0.39 is 0 Å². The Kier molecular flexibility index (Phi) is 4.77. The lowest BCUT2D eigenvalue weighted by atomic mass is 9.85. The third kappa shape index (κ3) is 3.59. The Hall–Kier alpha value is -1.84. The summed E-state index contributed by atoms with van der Waals surface area (Å²) in [5.74, 6) is 0.257. The smallest absolute Gasteiger partial charge is 0.115 e. The fourth-order valence-corrected chi connectivity index (χ4v) is 2.45. The van der Waals surface area contributed by atoms with Crippen LogP contribution in [0.2, 0.25) is 0 Å². The number of phenols is 1. The van der Waals surface area contributed by atoms with Crippen molar-refractivity contribution in [2.24, 2.45) is 0 Å². The standard InChI is InChI=1S/C17H21NO2/c1-17(18-10-11-19,13-14-6-3-2-4-7-14)15-8-5-9-16(20)12-15/h2-9,12,18-20H,10-11,13H2,1H3. The lowest BCUT2D eigenvalue weighted by Crippen LogP contribution is -2.43. The predicted octanol–water partition coefficient (Wildman–Crippen LogP) is 2.43. The average Bonchev–Trinajstić information content (AvgIpc) is 2.46. The molecule has 106 valence electrons. The molecule has 3 nitrogen and oxygen atoms in total. The summed E-state index contributed by atoms with van der Waals surface area (Å²) in [6.45, 7) is 2.69. The highest BCUT2D eigenvalue weighted by molar-refractivity contribution is 5.34. The van der Waals surface area contributed by atoms with Gasteiger partial charge in [0.25, 0.3) is 0 Å². The Labute approximate surface area is 119 Å². The van der Waals surface area contributed by atoms with Gasteiger partial charge in [0, 0.05) is 12.1 Å². The van der Waals surface area contributed by atoms with Crippen molar-refractivity contribution in [1.29, 1.82) is 0 Å². The first-order valence-electron chi connectivity index (χ1n) is 6.83. The van der Waals surface area contributed by atoms with E-state index >= 15 is 0 Å². The van der Waals surface area contributed by atoms with Gasteiger partial charge in [-0.1, -0.05) is 42.5 Å². The topological polar surface area (TPSA) is 52.5 Å². The molecule has 0 amide bonds. The van der Waals surface area contributed by atoms with Crippen molar-refractivity contribution in [3.63, 3.8) is 0 Å². The minimum atomic E-state index is -0.331. The van der Waals surface area contributed by atoms with E-state index in [0.29, 0.717) is 6.54 Å². The highest BCUT2D eigenvalue weighted by Crippen LogP contribution is 2.27. The molecule has 0 saturated heterocycles. The molecule has 0 spiro atoms. The molecule has 0 heterocycles. The molecule has 2 rings (SSSR count). The Balaban J connectivity index is 2.29. The number of phenolic OH excluding ortho intramolecular Hbond substituents is 1. The van der Waals surface area contributed by atoms with E-state index in [4.69, 9.17) is 5.11 Å². The third-order valence-corrected chi connectivity index (χ3v) is 3.51. The fourth-order valence-electron chi connectivity index (χ4n) is 2.45. The normalized spacial score (nSPS) is 13.9. The highest BCUT2D eigenvalue weighted by Gasteiger charge is 2.26. The zero-order valence-corrected chi connectivity index (χ0v) is 11.7. The molecular formula is C17H21NO2. The summed E-state index contributed by atoms with van der Waals surface area (Å²) in [5, 5.41) is 22.2. The van der Waals surface area contributed by atoms with Gasteiger partial charge in [-0.2, -0.15) is 0 Å². The van der Waals surface area contributed by atoms with Crippen LogP contribution in [0.3, 0.4) is 0 Å². The van der Waals surface area contributed by atoms with E-state index in [1.165, 1.54) is 5.56 Å². The summed E-state index contributed by atoms with van der Waals surface area (Å²) in [7, 11) is 0. The number of aromatic hydroxyl groups is 1. The molecular weight excluding hydrogens is 250 g/mol. The van der Waals surface area contributed by atoms with Gasteiger partial charge in [-0.25, -0.2) is 0 Å². The van der Waals surface area contributed by atoms with Gasteiger partial charge in [0.1, 0.15) is 5.75 Å². The van der Waals surface area contributed by atoms with Crippen LogP contribution in [0.5, 0.6) is 5.75 Å². The number of aliphatic hydroxyl groups excluding tert-OH is 1. The first-order chi connectivity index (χ1) is 9.64. The summed E-state index contributed by atoms with van der Waals surface area (Å²) in [6, 6.07) is 17.5. The largest absolute Gasteiger partial charge is 0.508 e. The molecule has 0 bridgehead atoms. The molecule has 1 atom stereocenters. The van der Waals surface area contributed by atoms with Gasteiger partial charge in [-0.3, -0.25) is 0 Å². The van der Waals surface area contributed by atoms with Crippen molar-refractivity contribution in [1.82, 2.24) is 5.32 Å². The molecule has 0 aromatic heterocycles. The minimum absolute atomic E-state index is 0.0865. The van der Waals surface area contributed by atoms with E-state index in [0.717, 1.165) is 12.0 Å². The van der Waals surface area contributed by atoms with Gasteiger partial charge in [0.15, 0.2) is 0 Å². The summed E-state index contributed by atoms with van der Waals surface area (Å²) in [5.41, 5.74) is 1.89. The molecule has 0 aliphatic carbocycles. The molecule has 0 fully saturated rings. The van der Waals surface area contributed by atoms with Crippen molar-refractivity contribution in [2.45, 2.75) is 18.9 Å². The summed E-state index contributed by atoms with van der Waals surface area (Å²) < 4.78 is 0. The summed E-state index contributed by atoms with van der Waals surface area (Å²) >= 11 is 0. The van der Waals surface area contributed by atoms with Crippen molar-refractivity contribution in [3.05, 3.63) is 65.7 Å². The van der Waals surface area contributed by atoms with Gasteiger partial charge < -0.3 is 15.5 Å². The quantitative estimate of drug-likeness (QED) is 0.756. The second kappa shape index (κ2) is 6.55. The molecule has 2 aromatic rings. The van der Waals surface area contributed by atoms with Crippen LogP contribution < -0.4 is 5.32 Å². The molecule has 3 heteroatoms. The van der Waals surface area contributed by atoms with Crippen LogP contribution in [-0.4, -0.2) is 23.4 Å². The fraction of sp³-hybridized carbons (Fsp3) is 0.294. The van der Waals surface area contributed by atoms with Crippen LogP contribution in [-0.2, 0) is 12.0 Å². The Bertz CT molecular complexity index is 542.